The maximum Gasteiger partial charge on any atom is 0.0729 e. The molecule has 0 unspecified atom stereocenters. The number of nitrogens with zero attached hydrogens (tertiary/aromatic N) is 1. The van der Waals surface area contributed by atoms with Crippen molar-refractivity contribution in [2.24, 2.45) is 23.7 Å². The largest absolute Gasteiger partial charge is 0.391 e. The normalized spacial score (nSPS) is 52.1. The number of rotatable bonds is 2. The van der Waals surface area contributed by atoms with Gasteiger partial charge in [0, 0.05) is 18.6 Å². The first-order valence-electron chi connectivity index (χ1n) is 7.91. The number of hydrogen-bond acceptors (Lipinski definition) is 3. The summed E-state index contributed by atoms with van der Waals surface area (Å²) in [4.78, 5) is 2.43. The van der Waals surface area contributed by atoms with Crippen LogP contribution in [0.4, 0.5) is 0 Å². The maximum atomic E-state index is 10.6. The van der Waals surface area contributed by atoms with Crippen LogP contribution in [-0.2, 0) is 6.54 Å². The van der Waals surface area contributed by atoms with Crippen LogP contribution in [-0.4, -0.2) is 39.4 Å². The van der Waals surface area contributed by atoms with Crippen molar-refractivity contribution in [2.45, 2.75) is 43.7 Å². The Morgan fingerprint density at radius 1 is 0.950 bits per heavy atom. The van der Waals surface area contributed by atoms with Crippen molar-refractivity contribution in [3.05, 3.63) is 35.9 Å². The Hall–Kier alpha value is -0.900. The first-order chi connectivity index (χ1) is 9.75. The average Bonchev–Trinajstić information content (AvgIpc) is 3.03. The minimum atomic E-state index is -0.164. The zero-order chi connectivity index (χ0) is 13.4. The van der Waals surface area contributed by atoms with E-state index < -0.39 is 0 Å². The molecule has 1 aliphatic heterocycles. The molecule has 3 saturated carbocycles. The van der Waals surface area contributed by atoms with Gasteiger partial charge in [-0.2, -0.15) is 0 Å². The summed E-state index contributed by atoms with van der Waals surface area (Å²) >= 11 is 0. The number of likely N-dealkylation sites (tertiary alicyclic amines) is 1. The van der Waals surface area contributed by atoms with Crippen LogP contribution >= 0.6 is 0 Å². The second-order valence-corrected chi connectivity index (χ2v) is 7.24. The van der Waals surface area contributed by atoms with Crippen molar-refractivity contribution in [1.82, 2.24) is 4.90 Å². The molecule has 4 bridgehead atoms. The molecule has 0 aromatic heterocycles. The highest BCUT2D eigenvalue weighted by Crippen LogP contribution is 2.64. The van der Waals surface area contributed by atoms with Gasteiger partial charge in [-0.15, -0.1) is 0 Å². The number of aliphatic hydroxyl groups is 2. The van der Waals surface area contributed by atoms with Crippen molar-refractivity contribution < 1.29 is 10.2 Å². The van der Waals surface area contributed by atoms with Crippen LogP contribution in [0, 0.1) is 23.7 Å². The fraction of sp³-hybridized carbons (Fsp3) is 0.647. The fourth-order valence-electron chi connectivity index (χ4n) is 6.04. The number of benzene rings is 1. The van der Waals surface area contributed by atoms with E-state index in [1.807, 2.05) is 6.07 Å². The molecule has 1 heterocycles. The minimum absolute atomic E-state index is 0.164. The van der Waals surface area contributed by atoms with Crippen LogP contribution in [0.3, 0.4) is 0 Å². The van der Waals surface area contributed by atoms with Crippen molar-refractivity contribution >= 4 is 0 Å². The Morgan fingerprint density at radius 3 is 2.55 bits per heavy atom. The van der Waals surface area contributed by atoms with E-state index in [-0.39, 0.29) is 24.3 Å². The van der Waals surface area contributed by atoms with E-state index in [0.29, 0.717) is 23.7 Å². The molecule has 1 aromatic carbocycles. The summed E-state index contributed by atoms with van der Waals surface area (Å²) in [6.07, 6.45) is 1.90. The Bertz CT molecular complexity index is 533. The standard InChI is InChI=1S/C17H21NO2/c19-16-11-6-12-14-10(11)7-13(17(14)20)18(15(12)16)8-9-4-2-1-3-5-9/h1-5,10-17,19-20H,6-8H2/t10-,11+,12-,13-,14+,15+,16+,17+/m1/s1. The molecule has 0 amide bonds. The molecule has 3 heteroatoms. The van der Waals surface area contributed by atoms with E-state index in [1.54, 1.807) is 0 Å². The van der Waals surface area contributed by atoms with Gasteiger partial charge in [0.05, 0.1) is 12.2 Å². The van der Waals surface area contributed by atoms with E-state index in [1.165, 1.54) is 5.56 Å². The highest BCUT2D eigenvalue weighted by Gasteiger charge is 2.69. The van der Waals surface area contributed by atoms with Gasteiger partial charge in [0.2, 0.25) is 0 Å². The van der Waals surface area contributed by atoms with Crippen LogP contribution in [0.15, 0.2) is 30.3 Å². The van der Waals surface area contributed by atoms with Gasteiger partial charge >= 0.3 is 0 Å². The van der Waals surface area contributed by atoms with E-state index in [0.717, 1.165) is 19.4 Å². The van der Waals surface area contributed by atoms with Crippen molar-refractivity contribution in [1.29, 1.82) is 0 Å². The van der Waals surface area contributed by atoms with E-state index >= 15 is 0 Å². The van der Waals surface area contributed by atoms with E-state index in [4.69, 9.17) is 0 Å². The van der Waals surface area contributed by atoms with Gasteiger partial charge in [-0.05, 0) is 42.1 Å². The topological polar surface area (TPSA) is 43.7 Å². The molecule has 0 radical (unpaired) electrons. The van der Waals surface area contributed by atoms with Crippen molar-refractivity contribution in [2.75, 3.05) is 0 Å². The number of fused-ring (bicyclic) bond motifs is 3. The second-order valence-electron chi connectivity index (χ2n) is 7.24. The Morgan fingerprint density at radius 2 is 1.75 bits per heavy atom. The Kier molecular flexibility index (Phi) is 2.25. The molecule has 1 aromatic rings. The first kappa shape index (κ1) is 11.7. The molecule has 106 valence electrons. The van der Waals surface area contributed by atoms with E-state index in [2.05, 4.69) is 29.2 Å². The molecule has 2 N–H and O–H groups in total. The predicted molar refractivity (Wildman–Crippen MR) is 74.8 cm³/mol. The maximum absolute atomic E-state index is 10.6. The summed E-state index contributed by atoms with van der Waals surface area (Å²) in [6.45, 7) is 0.868. The number of aliphatic hydroxyl groups excluding tert-OH is 2. The third-order valence-corrected chi connectivity index (χ3v) is 6.63. The van der Waals surface area contributed by atoms with Crippen LogP contribution < -0.4 is 0 Å². The summed E-state index contributed by atoms with van der Waals surface area (Å²) in [6, 6.07) is 11.0. The lowest BCUT2D eigenvalue weighted by molar-refractivity contribution is -0.102. The quantitative estimate of drug-likeness (QED) is 0.851. The highest BCUT2D eigenvalue weighted by molar-refractivity contribution is 5.23. The average molecular weight is 271 g/mol. The molecule has 4 fully saturated rings. The molecule has 3 aliphatic carbocycles. The lowest BCUT2D eigenvalue weighted by Gasteiger charge is -2.48. The first-order valence-corrected chi connectivity index (χ1v) is 7.91. The molecule has 0 spiro atoms. The fourth-order valence-corrected chi connectivity index (χ4v) is 6.04. The zero-order valence-electron chi connectivity index (χ0n) is 11.5. The molecule has 3 nitrogen and oxygen atoms in total. The Balaban J connectivity index is 1.53. The number of piperidine rings is 1. The molecule has 5 rings (SSSR count). The summed E-state index contributed by atoms with van der Waals surface area (Å²) in [7, 11) is 0. The molecule has 8 atom stereocenters. The van der Waals surface area contributed by atoms with Crippen LogP contribution in [0.5, 0.6) is 0 Å². The summed E-state index contributed by atoms with van der Waals surface area (Å²) < 4.78 is 0. The number of hydrogen-bond donors (Lipinski definition) is 2. The highest BCUT2D eigenvalue weighted by atomic mass is 16.3. The van der Waals surface area contributed by atoms with Gasteiger partial charge in [-0.1, -0.05) is 30.3 Å². The molecule has 4 aliphatic rings. The SMILES string of the molecule is O[C@@H]1[C@H]2[C@@H]3C[C@H]1N(Cc1ccccc1)[C@@H]1[C@@H](O)[C@H]3C[C@H]21. The summed E-state index contributed by atoms with van der Waals surface area (Å²) in [5, 5.41) is 21.3. The predicted octanol–water partition coefficient (Wildman–Crippen LogP) is 1.25. The van der Waals surface area contributed by atoms with Crippen LogP contribution in [0.2, 0.25) is 0 Å². The zero-order valence-corrected chi connectivity index (χ0v) is 11.5. The monoisotopic (exact) mass is 271 g/mol. The minimum Gasteiger partial charge on any atom is -0.391 e. The van der Waals surface area contributed by atoms with Crippen molar-refractivity contribution in [3.63, 3.8) is 0 Å². The van der Waals surface area contributed by atoms with Gasteiger partial charge in [0.15, 0.2) is 0 Å². The lowest BCUT2D eigenvalue weighted by Crippen LogP contribution is -2.60. The molecule has 20 heavy (non-hydrogen) atoms. The van der Waals surface area contributed by atoms with Crippen LogP contribution in [0.1, 0.15) is 18.4 Å². The lowest BCUT2D eigenvalue weighted by atomic mass is 9.75. The Labute approximate surface area is 119 Å². The van der Waals surface area contributed by atoms with Gasteiger partial charge in [0.1, 0.15) is 0 Å². The van der Waals surface area contributed by atoms with Gasteiger partial charge in [0.25, 0.3) is 0 Å². The third kappa shape index (κ3) is 1.27. The van der Waals surface area contributed by atoms with Gasteiger partial charge < -0.3 is 10.2 Å². The van der Waals surface area contributed by atoms with Gasteiger partial charge in [-0.25, -0.2) is 0 Å². The van der Waals surface area contributed by atoms with E-state index in [9.17, 15) is 10.2 Å². The summed E-state index contributed by atoms with van der Waals surface area (Å²) in [5.41, 5.74) is 1.29. The van der Waals surface area contributed by atoms with Gasteiger partial charge in [-0.3, -0.25) is 4.90 Å². The van der Waals surface area contributed by atoms with Crippen molar-refractivity contribution in [3.8, 4) is 0 Å². The van der Waals surface area contributed by atoms with Crippen LogP contribution in [0.25, 0.3) is 0 Å². The molecular formula is C17H21NO2. The molecule has 1 saturated heterocycles. The second kappa shape index (κ2) is 3.85. The summed E-state index contributed by atoms with van der Waals surface area (Å²) in [5.74, 6) is 2.03. The third-order valence-electron chi connectivity index (χ3n) is 6.63. The smallest absolute Gasteiger partial charge is 0.0729 e. The molecular weight excluding hydrogens is 250 g/mol.